The average Bonchev–Trinajstić information content (AvgIpc) is 2.89. The number of amides is 2. The van der Waals surface area contributed by atoms with Gasteiger partial charge in [-0.15, -0.1) is 0 Å². The van der Waals surface area contributed by atoms with Gasteiger partial charge < -0.3 is 10.6 Å². The first-order valence-electron chi connectivity index (χ1n) is 12.8. The van der Waals surface area contributed by atoms with E-state index < -0.39 is 32.6 Å². The smallest absolute Gasteiger partial charge is 0.351 e. The SMILES string of the molecule is Cc1ccccc1C(=O)N[C@@H]1CCCCC1NC(=O)C1CCCN(S(=O)(=O)c2cccc(C(F)(F)F)c2)C1. The lowest BCUT2D eigenvalue weighted by Crippen LogP contribution is -2.55. The van der Waals surface area contributed by atoms with Crippen LogP contribution in [-0.2, 0) is 21.0 Å². The van der Waals surface area contributed by atoms with Crippen molar-refractivity contribution in [1.82, 2.24) is 14.9 Å². The summed E-state index contributed by atoms with van der Waals surface area (Å²) in [4.78, 5) is 25.7. The summed E-state index contributed by atoms with van der Waals surface area (Å²) < 4.78 is 66.8. The number of benzene rings is 2. The summed E-state index contributed by atoms with van der Waals surface area (Å²) in [6.45, 7) is 1.87. The molecule has 1 saturated heterocycles. The molecule has 1 aliphatic carbocycles. The van der Waals surface area contributed by atoms with E-state index in [1.165, 1.54) is 0 Å². The van der Waals surface area contributed by atoms with Crippen LogP contribution in [0.5, 0.6) is 0 Å². The van der Waals surface area contributed by atoms with Crippen molar-refractivity contribution >= 4 is 21.8 Å². The number of nitrogens with one attached hydrogen (secondary N) is 2. The molecule has 0 aromatic heterocycles. The first-order chi connectivity index (χ1) is 18.0. The molecule has 0 bridgehead atoms. The van der Waals surface area contributed by atoms with Crippen LogP contribution in [0, 0.1) is 12.8 Å². The van der Waals surface area contributed by atoms with E-state index in [0.29, 0.717) is 37.3 Å². The first kappa shape index (κ1) is 28.1. The fourth-order valence-corrected chi connectivity index (χ4v) is 6.78. The maximum atomic E-state index is 13.2. The number of sulfonamides is 1. The summed E-state index contributed by atoms with van der Waals surface area (Å²) in [6, 6.07) is 10.4. The van der Waals surface area contributed by atoms with Crippen LogP contribution in [-0.4, -0.2) is 49.7 Å². The predicted molar refractivity (Wildman–Crippen MR) is 136 cm³/mol. The average molecular weight is 552 g/mol. The maximum Gasteiger partial charge on any atom is 0.416 e. The predicted octanol–water partition coefficient (Wildman–Crippen LogP) is 4.27. The standard InChI is InChI=1S/C27H32F3N3O4S/c1-18-8-2-3-12-22(18)26(35)32-24-14-5-4-13-23(24)31-25(34)19-9-7-15-33(17-19)38(36,37)21-11-6-10-20(16-21)27(28,29)30/h2-3,6,8,10-12,16,19,23-24H,4-5,7,9,13-15,17H2,1H3,(H,31,34)(H,32,35)/t19?,23?,24-/m1/s1. The molecule has 2 amide bonds. The molecular weight excluding hydrogens is 519 g/mol. The van der Waals surface area contributed by atoms with E-state index in [0.717, 1.165) is 40.9 Å². The van der Waals surface area contributed by atoms with E-state index in [2.05, 4.69) is 10.6 Å². The van der Waals surface area contributed by atoms with E-state index in [-0.39, 0.29) is 37.0 Å². The van der Waals surface area contributed by atoms with Crippen LogP contribution < -0.4 is 10.6 Å². The highest BCUT2D eigenvalue weighted by Crippen LogP contribution is 2.32. The quantitative estimate of drug-likeness (QED) is 0.561. The molecule has 2 aromatic rings. The number of aryl methyl sites for hydroxylation is 1. The summed E-state index contributed by atoms with van der Waals surface area (Å²) in [6.07, 6.45) is -0.588. The minimum absolute atomic E-state index is 0.114. The largest absolute Gasteiger partial charge is 0.416 e. The Bertz CT molecular complexity index is 1280. The zero-order valence-corrected chi connectivity index (χ0v) is 21.9. The molecule has 38 heavy (non-hydrogen) atoms. The number of alkyl halides is 3. The van der Waals surface area contributed by atoms with Crippen LogP contribution >= 0.6 is 0 Å². The van der Waals surface area contributed by atoms with E-state index in [1.54, 1.807) is 12.1 Å². The number of carbonyl (C=O) groups excluding carboxylic acids is 2. The van der Waals surface area contributed by atoms with Gasteiger partial charge in [-0.25, -0.2) is 8.42 Å². The molecule has 1 saturated carbocycles. The zero-order chi connectivity index (χ0) is 27.5. The van der Waals surface area contributed by atoms with Gasteiger partial charge in [0.1, 0.15) is 0 Å². The molecule has 2 unspecified atom stereocenters. The van der Waals surface area contributed by atoms with Crippen molar-refractivity contribution in [3.05, 3.63) is 65.2 Å². The molecule has 2 aromatic carbocycles. The van der Waals surface area contributed by atoms with Crippen LogP contribution in [0.2, 0.25) is 0 Å². The third kappa shape index (κ3) is 6.37. The van der Waals surface area contributed by atoms with E-state index in [1.807, 2.05) is 19.1 Å². The molecule has 4 rings (SSSR count). The Morgan fingerprint density at radius 2 is 1.61 bits per heavy atom. The van der Waals surface area contributed by atoms with Gasteiger partial charge in [-0.2, -0.15) is 17.5 Å². The van der Waals surface area contributed by atoms with Crippen LogP contribution in [0.15, 0.2) is 53.4 Å². The second kappa shape index (κ2) is 11.4. The number of rotatable bonds is 6. The van der Waals surface area contributed by atoms with Crippen LogP contribution in [0.25, 0.3) is 0 Å². The summed E-state index contributed by atoms with van der Waals surface area (Å²) in [5, 5.41) is 6.08. The molecule has 0 radical (unpaired) electrons. The fourth-order valence-electron chi connectivity index (χ4n) is 5.21. The minimum Gasteiger partial charge on any atom is -0.351 e. The second-order valence-corrected chi connectivity index (χ2v) is 12.0. The van der Waals surface area contributed by atoms with Crippen molar-refractivity contribution in [3.8, 4) is 0 Å². The van der Waals surface area contributed by atoms with Crippen LogP contribution in [0.3, 0.4) is 0 Å². The van der Waals surface area contributed by atoms with Gasteiger partial charge in [0.15, 0.2) is 0 Å². The molecule has 2 aliphatic rings. The summed E-state index contributed by atoms with van der Waals surface area (Å²) in [7, 11) is -4.21. The second-order valence-electron chi connectivity index (χ2n) is 10.0. The van der Waals surface area contributed by atoms with Crippen LogP contribution in [0.1, 0.15) is 60.0 Å². The van der Waals surface area contributed by atoms with Crippen molar-refractivity contribution in [3.63, 3.8) is 0 Å². The van der Waals surface area contributed by atoms with Gasteiger partial charge >= 0.3 is 6.18 Å². The van der Waals surface area contributed by atoms with Crippen molar-refractivity contribution in [1.29, 1.82) is 0 Å². The number of piperidine rings is 1. The molecular formula is C27H32F3N3O4S. The summed E-state index contributed by atoms with van der Waals surface area (Å²) in [5.41, 5.74) is 0.387. The zero-order valence-electron chi connectivity index (χ0n) is 21.1. The molecule has 7 nitrogen and oxygen atoms in total. The van der Waals surface area contributed by atoms with Gasteiger partial charge in [0.25, 0.3) is 5.91 Å². The Morgan fingerprint density at radius 3 is 2.29 bits per heavy atom. The minimum atomic E-state index is -4.67. The highest BCUT2D eigenvalue weighted by molar-refractivity contribution is 7.89. The molecule has 1 heterocycles. The lowest BCUT2D eigenvalue weighted by Gasteiger charge is -2.36. The monoisotopic (exact) mass is 551 g/mol. The molecule has 2 fully saturated rings. The Hall–Kier alpha value is -2.92. The third-order valence-electron chi connectivity index (χ3n) is 7.35. The van der Waals surface area contributed by atoms with Crippen molar-refractivity contribution in [2.24, 2.45) is 5.92 Å². The Kier molecular flexibility index (Phi) is 8.46. The molecule has 1 aliphatic heterocycles. The van der Waals surface area contributed by atoms with E-state index in [4.69, 9.17) is 0 Å². The molecule has 11 heteroatoms. The molecule has 2 N–H and O–H groups in total. The van der Waals surface area contributed by atoms with E-state index in [9.17, 15) is 31.2 Å². The van der Waals surface area contributed by atoms with Crippen molar-refractivity contribution in [2.45, 2.75) is 68.6 Å². The third-order valence-corrected chi connectivity index (χ3v) is 9.21. The number of hydrogen-bond acceptors (Lipinski definition) is 4. The van der Waals surface area contributed by atoms with E-state index >= 15 is 0 Å². The van der Waals surface area contributed by atoms with Gasteiger partial charge in [0.05, 0.1) is 16.4 Å². The summed E-state index contributed by atoms with van der Waals surface area (Å²) in [5.74, 6) is -1.15. The topological polar surface area (TPSA) is 95.6 Å². The lowest BCUT2D eigenvalue weighted by atomic mass is 9.89. The highest BCUT2D eigenvalue weighted by atomic mass is 32.2. The Morgan fingerprint density at radius 1 is 0.921 bits per heavy atom. The number of nitrogens with zero attached hydrogens (tertiary/aromatic N) is 1. The lowest BCUT2D eigenvalue weighted by molar-refractivity contribution is -0.137. The Labute approximate surface area is 220 Å². The molecule has 0 spiro atoms. The summed E-state index contributed by atoms with van der Waals surface area (Å²) >= 11 is 0. The van der Waals surface area contributed by atoms with Gasteiger partial charge in [-0.1, -0.05) is 37.1 Å². The molecule has 3 atom stereocenters. The number of halogens is 3. The Balaban J connectivity index is 1.42. The number of carbonyl (C=O) groups is 2. The van der Waals surface area contributed by atoms with Gasteiger partial charge in [-0.05, 0) is 62.4 Å². The van der Waals surface area contributed by atoms with Gasteiger partial charge in [0, 0.05) is 30.7 Å². The van der Waals surface area contributed by atoms with Gasteiger partial charge in [0.2, 0.25) is 15.9 Å². The highest BCUT2D eigenvalue weighted by Gasteiger charge is 2.37. The molecule has 206 valence electrons. The fraction of sp³-hybridized carbons (Fsp3) is 0.481. The van der Waals surface area contributed by atoms with Crippen molar-refractivity contribution in [2.75, 3.05) is 13.1 Å². The number of hydrogen-bond donors (Lipinski definition) is 2. The normalized spacial score (nSPS) is 23.0. The van der Waals surface area contributed by atoms with Crippen LogP contribution in [0.4, 0.5) is 13.2 Å². The van der Waals surface area contributed by atoms with Gasteiger partial charge in [-0.3, -0.25) is 9.59 Å². The maximum absolute atomic E-state index is 13.2. The first-order valence-corrected chi connectivity index (χ1v) is 14.2. The van der Waals surface area contributed by atoms with Crippen molar-refractivity contribution < 1.29 is 31.2 Å².